The molecular formula is C21H20N2O3. The van der Waals surface area contributed by atoms with E-state index in [0.717, 1.165) is 34.1 Å². The first-order chi connectivity index (χ1) is 12.7. The van der Waals surface area contributed by atoms with Crippen LogP contribution < -0.4 is 4.90 Å². The van der Waals surface area contributed by atoms with Crippen LogP contribution in [0.4, 0.5) is 5.69 Å². The van der Waals surface area contributed by atoms with Gasteiger partial charge >= 0.3 is 5.97 Å². The Morgan fingerprint density at radius 1 is 1.08 bits per heavy atom. The second kappa shape index (κ2) is 7.04. The number of carbonyl (C=O) groups excluding carboxylic acids is 2. The molecule has 0 saturated carbocycles. The number of carbonyl (C=O) groups is 2. The quantitative estimate of drug-likeness (QED) is 0.720. The molecule has 0 fully saturated rings. The molecule has 2 aromatic carbocycles. The summed E-state index contributed by atoms with van der Waals surface area (Å²) < 4.78 is 5.20. The second-order valence-electron chi connectivity index (χ2n) is 6.44. The van der Waals surface area contributed by atoms with Crippen molar-refractivity contribution in [3.8, 4) is 0 Å². The van der Waals surface area contributed by atoms with Crippen LogP contribution in [-0.4, -0.2) is 30.0 Å². The minimum absolute atomic E-state index is 0.171. The van der Waals surface area contributed by atoms with Gasteiger partial charge in [-0.1, -0.05) is 36.4 Å². The molecule has 4 rings (SSSR count). The summed E-state index contributed by atoms with van der Waals surface area (Å²) in [5.41, 5.74) is 4.22. The molecule has 132 valence electrons. The van der Waals surface area contributed by atoms with Crippen molar-refractivity contribution in [1.29, 1.82) is 0 Å². The zero-order valence-electron chi connectivity index (χ0n) is 14.4. The summed E-state index contributed by atoms with van der Waals surface area (Å²) in [5.74, 6) is -0.522. The summed E-state index contributed by atoms with van der Waals surface area (Å²) in [6.45, 7) is 0.437. The minimum atomic E-state index is -0.351. The van der Waals surface area contributed by atoms with Crippen LogP contribution in [0.25, 0.3) is 10.9 Å². The van der Waals surface area contributed by atoms with Gasteiger partial charge in [-0.25, -0.2) is 0 Å². The highest BCUT2D eigenvalue weighted by molar-refractivity contribution is 5.97. The molecule has 0 spiro atoms. The number of anilines is 1. The zero-order valence-corrected chi connectivity index (χ0v) is 14.4. The zero-order chi connectivity index (χ0) is 17.9. The van der Waals surface area contributed by atoms with Crippen LogP contribution in [0, 0.1) is 0 Å². The highest BCUT2D eigenvalue weighted by Crippen LogP contribution is 2.27. The van der Waals surface area contributed by atoms with Crippen LogP contribution in [0.2, 0.25) is 0 Å². The second-order valence-corrected chi connectivity index (χ2v) is 6.44. The van der Waals surface area contributed by atoms with Crippen molar-refractivity contribution in [2.75, 3.05) is 18.1 Å². The van der Waals surface area contributed by atoms with Gasteiger partial charge in [0, 0.05) is 35.8 Å². The van der Waals surface area contributed by atoms with Crippen molar-refractivity contribution >= 4 is 28.5 Å². The number of ether oxygens (including phenoxy) is 1. The van der Waals surface area contributed by atoms with Gasteiger partial charge in [0.05, 0.1) is 0 Å². The molecule has 3 aromatic rings. The summed E-state index contributed by atoms with van der Waals surface area (Å²) in [5, 5.41) is 1.12. The first kappa shape index (κ1) is 16.4. The lowest BCUT2D eigenvalue weighted by molar-refractivity contribution is -0.147. The monoisotopic (exact) mass is 348 g/mol. The average Bonchev–Trinajstić information content (AvgIpc) is 3.28. The number of nitrogens with one attached hydrogen (secondary N) is 1. The molecule has 26 heavy (non-hydrogen) atoms. The molecule has 0 radical (unpaired) electrons. The lowest BCUT2D eigenvalue weighted by Crippen LogP contribution is -2.33. The molecule has 0 bridgehead atoms. The van der Waals surface area contributed by atoms with Crippen LogP contribution in [0.1, 0.15) is 17.5 Å². The Kier molecular flexibility index (Phi) is 4.44. The van der Waals surface area contributed by atoms with E-state index >= 15 is 0 Å². The SMILES string of the molecule is O=C(CCc1c[nH]c2ccccc12)OCC(=O)N1CCc2ccccc21. The average molecular weight is 348 g/mol. The van der Waals surface area contributed by atoms with Crippen molar-refractivity contribution in [2.24, 2.45) is 0 Å². The summed E-state index contributed by atoms with van der Waals surface area (Å²) in [6, 6.07) is 15.8. The van der Waals surface area contributed by atoms with E-state index in [2.05, 4.69) is 4.98 Å². The number of hydrogen-bond acceptors (Lipinski definition) is 3. The Bertz CT molecular complexity index is 961. The number of amides is 1. The summed E-state index contributed by atoms with van der Waals surface area (Å²) in [4.78, 5) is 29.3. The Labute approximate surface area is 151 Å². The van der Waals surface area contributed by atoms with Gasteiger partial charge in [0.2, 0.25) is 0 Å². The van der Waals surface area contributed by atoms with Crippen LogP contribution in [0.15, 0.2) is 54.7 Å². The van der Waals surface area contributed by atoms with Gasteiger partial charge in [-0.05, 0) is 36.1 Å². The largest absolute Gasteiger partial charge is 0.456 e. The maximum atomic E-state index is 12.4. The Balaban J connectivity index is 1.30. The normalized spacial score (nSPS) is 13.0. The first-order valence-electron chi connectivity index (χ1n) is 8.81. The van der Waals surface area contributed by atoms with Crippen molar-refractivity contribution in [3.63, 3.8) is 0 Å². The smallest absolute Gasteiger partial charge is 0.306 e. The van der Waals surface area contributed by atoms with E-state index in [4.69, 9.17) is 4.74 Å². The lowest BCUT2D eigenvalue weighted by Gasteiger charge is -2.17. The fourth-order valence-corrected chi connectivity index (χ4v) is 3.46. The molecule has 1 aromatic heterocycles. The van der Waals surface area contributed by atoms with Crippen molar-refractivity contribution in [1.82, 2.24) is 4.98 Å². The fraction of sp³-hybridized carbons (Fsp3) is 0.238. The number of rotatable bonds is 5. The topological polar surface area (TPSA) is 62.4 Å². The van der Waals surface area contributed by atoms with Gasteiger partial charge in [0.1, 0.15) is 0 Å². The van der Waals surface area contributed by atoms with Gasteiger partial charge in [-0.3, -0.25) is 9.59 Å². The summed E-state index contributed by atoms with van der Waals surface area (Å²) in [7, 11) is 0. The molecule has 0 atom stereocenters. The number of benzene rings is 2. The molecular weight excluding hydrogens is 328 g/mol. The third kappa shape index (κ3) is 3.20. The van der Waals surface area contributed by atoms with Crippen molar-refractivity contribution < 1.29 is 14.3 Å². The predicted octanol–water partition coefficient (Wildman–Crippen LogP) is 3.23. The molecule has 1 N–H and O–H groups in total. The predicted molar refractivity (Wildman–Crippen MR) is 100 cm³/mol. The first-order valence-corrected chi connectivity index (χ1v) is 8.81. The number of aromatic amines is 1. The molecule has 5 nitrogen and oxygen atoms in total. The van der Waals surface area contributed by atoms with E-state index in [9.17, 15) is 9.59 Å². The maximum absolute atomic E-state index is 12.4. The van der Waals surface area contributed by atoms with E-state index < -0.39 is 0 Å². The van der Waals surface area contributed by atoms with Gasteiger partial charge in [0.25, 0.3) is 5.91 Å². The Morgan fingerprint density at radius 2 is 1.88 bits per heavy atom. The van der Waals surface area contributed by atoms with Crippen LogP contribution in [0.3, 0.4) is 0 Å². The van der Waals surface area contributed by atoms with Crippen LogP contribution in [0.5, 0.6) is 0 Å². The Morgan fingerprint density at radius 3 is 2.81 bits per heavy atom. The number of H-pyrrole nitrogens is 1. The highest BCUT2D eigenvalue weighted by Gasteiger charge is 2.24. The molecule has 0 aliphatic carbocycles. The highest BCUT2D eigenvalue weighted by atomic mass is 16.5. The van der Waals surface area contributed by atoms with Gasteiger partial charge < -0.3 is 14.6 Å². The van der Waals surface area contributed by atoms with Crippen LogP contribution in [-0.2, 0) is 27.2 Å². The molecule has 0 saturated heterocycles. The minimum Gasteiger partial charge on any atom is -0.456 e. The van der Waals surface area contributed by atoms with Gasteiger partial charge in [0.15, 0.2) is 6.61 Å². The van der Waals surface area contributed by atoms with E-state index in [1.54, 1.807) is 4.90 Å². The third-order valence-electron chi connectivity index (χ3n) is 4.82. The number of esters is 1. The van der Waals surface area contributed by atoms with E-state index in [1.165, 1.54) is 0 Å². The number of nitrogens with zero attached hydrogens (tertiary/aromatic N) is 1. The van der Waals surface area contributed by atoms with Crippen molar-refractivity contribution in [3.05, 3.63) is 65.9 Å². The molecule has 0 unspecified atom stereocenters. The summed E-state index contributed by atoms with van der Waals surface area (Å²) in [6.07, 6.45) is 3.61. The van der Waals surface area contributed by atoms with Gasteiger partial charge in [-0.15, -0.1) is 0 Å². The number of aromatic nitrogens is 1. The molecule has 1 amide bonds. The molecule has 1 aliphatic rings. The maximum Gasteiger partial charge on any atom is 0.306 e. The Hall–Kier alpha value is -3.08. The lowest BCUT2D eigenvalue weighted by atomic mass is 10.1. The standard InChI is InChI=1S/C21H20N2O3/c24-20(23-12-11-15-5-1-4-8-19(15)23)14-26-21(25)10-9-16-13-22-18-7-3-2-6-17(16)18/h1-8,13,22H,9-12,14H2. The molecule has 5 heteroatoms. The number of para-hydroxylation sites is 2. The number of fused-ring (bicyclic) bond motifs is 2. The third-order valence-corrected chi connectivity index (χ3v) is 4.82. The molecule has 1 aliphatic heterocycles. The van der Waals surface area contributed by atoms with E-state index in [1.807, 2.05) is 54.7 Å². The van der Waals surface area contributed by atoms with E-state index in [-0.39, 0.29) is 24.9 Å². The van der Waals surface area contributed by atoms with Gasteiger partial charge in [-0.2, -0.15) is 0 Å². The van der Waals surface area contributed by atoms with E-state index in [0.29, 0.717) is 13.0 Å². The fourth-order valence-electron chi connectivity index (χ4n) is 3.46. The molecule has 2 heterocycles. The number of aryl methyl sites for hydroxylation is 1. The summed E-state index contributed by atoms with van der Waals surface area (Å²) >= 11 is 0. The van der Waals surface area contributed by atoms with Crippen molar-refractivity contribution in [2.45, 2.75) is 19.3 Å². The number of hydrogen-bond donors (Lipinski definition) is 1. The van der Waals surface area contributed by atoms with Crippen LogP contribution >= 0.6 is 0 Å².